The van der Waals surface area contributed by atoms with Gasteiger partial charge >= 0.3 is 0 Å². The first-order valence-electron chi connectivity index (χ1n) is 11.5. The Balaban J connectivity index is 1.58. The van der Waals surface area contributed by atoms with Gasteiger partial charge in [0.25, 0.3) is 5.91 Å². The van der Waals surface area contributed by atoms with E-state index in [0.29, 0.717) is 30.2 Å². The summed E-state index contributed by atoms with van der Waals surface area (Å²) in [4.78, 5) is 20.6. The van der Waals surface area contributed by atoms with Crippen molar-refractivity contribution < 1.29 is 19.1 Å². The summed E-state index contributed by atoms with van der Waals surface area (Å²) in [6.45, 7) is 2.51. The lowest BCUT2D eigenvalue weighted by Gasteiger charge is -2.41. The third kappa shape index (κ3) is 6.13. The molecule has 0 heterocycles. The molecule has 1 aromatic rings. The molecule has 0 saturated heterocycles. The summed E-state index contributed by atoms with van der Waals surface area (Å²) < 4.78 is 10.9. The highest BCUT2D eigenvalue weighted by Crippen LogP contribution is 2.30. The molecule has 1 amide bonds. The Labute approximate surface area is 180 Å². The molecule has 6 nitrogen and oxygen atoms in total. The first kappa shape index (κ1) is 22.4. The Hall–Kier alpha value is -2.24. The molecule has 2 fully saturated rings. The van der Waals surface area contributed by atoms with Crippen molar-refractivity contribution in [2.75, 3.05) is 20.3 Å². The lowest BCUT2D eigenvalue weighted by Crippen LogP contribution is -2.50. The van der Waals surface area contributed by atoms with Crippen molar-refractivity contribution in [3.8, 4) is 11.5 Å². The van der Waals surface area contributed by atoms with Crippen LogP contribution in [0, 0.1) is 0 Å². The number of hydrogen-bond donors (Lipinski definition) is 0. The molecule has 0 spiro atoms. The van der Waals surface area contributed by atoms with Crippen LogP contribution in [0.3, 0.4) is 0 Å². The average molecular weight is 417 g/mol. The predicted octanol–water partition coefficient (Wildman–Crippen LogP) is 4.94. The molecule has 6 heteroatoms. The van der Waals surface area contributed by atoms with E-state index in [1.54, 1.807) is 13.3 Å². The maximum absolute atomic E-state index is 13.1. The maximum Gasteiger partial charge on any atom is 0.263 e. The molecule has 2 aliphatic rings. The van der Waals surface area contributed by atoms with Gasteiger partial charge in [0.15, 0.2) is 18.1 Å². The van der Waals surface area contributed by atoms with Crippen molar-refractivity contribution in [3.05, 3.63) is 23.8 Å². The number of carbonyl (C=O) groups is 1. The molecule has 2 saturated carbocycles. The number of nitrogens with zero attached hydrogens (tertiary/aromatic N) is 2. The molecule has 0 aliphatic heterocycles. The highest BCUT2D eigenvalue weighted by molar-refractivity contribution is 5.81. The van der Waals surface area contributed by atoms with Crippen LogP contribution in [0.25, 0.3) is 0 Å². The van der Waals surface area contributed by atoms with E-state index in [1.165, 1.54) is 38.5 Å². The number of oxime groups is 1. The Kier molecular flexibility index (Phi) is 8.84. The van der Waals surface area contributed by atoms with Gasteiger partial charge in [-0.3, -0.25) is 4.79 Å². The quantitative estimate of drug-likeness (QED) is 0.423. The van der Waals surface area contributed by atoms with E-state index < -0.39 is 0 Å². The number of ether oxygens (including phenoxy) is 2. The summed E-state index contributed by atoms with van der Waals surface area (Å²) in [6.07, 6.45) is 13.6. The first-order valence-corrected chi connectivity index (χ1v) is 11.5. The lowest BCUT2D eigenvalue weighted by molar-refractivity contribution is -0.143. The lowest BCUT2D eigenvalue weighted by atomic mass is 9.88. The van der Waals surface area contributed by atoms with Gasteiger partial charge in [-0.15, -0.1) is 0 Å². The summed E-state index contributed by atoms with van der Waals surface area (Å²) >= 11 is 0. The first-order chi connectivity index (χ1) is 14.7. The van der Waals surface area contributed by atoms with Crippen molar-refractivity contribution in [1.29, 1.82) is 0 Å². The van der Waals surface area contributed by atoms with E-state index >= 15 is 0 Å². The molecule has 3 rings (SSSR count). The number of methoxy groups -OCH3 is 1. The zero-order valence-electron chi connectivity index (χ0n) is 18.5. The molecule has 0 unspecified atom stereocenters. The fourth-order valence-electron chi connectivity index (χ4n) is 4.73. The normalized spacial score (nSPS) is 18.3. The van der Waals surface area contributed by atoms with E-state index in [4.69, 9.17) is 14.3 Å². The van der Waals surface area contributed by atoms with Crippen LogP contribution in [0.5, 0.6) is 11.5 Å². The number of benzene rings is 1. The molecular formula is C24H36N2O4. The molecule has 0 aromatic heterocycles. The number of amides is 1. The van der Waals surface area contributed by atoms with Crippen molar-refractivity contribution >= 4 is 12.1 Å². The van der Waals surface area contributed by atoms with Gasteiger partial charge in [-0.05, 0) is 50.8 Å². The second-order valence-electron chi connectivity index (χ2n) is 8.24. The Morgan fingerprint density at radius 3 is 2.23 bits per heavy atom. The summed E-state index contributed by atoms with van der Waals surface area (Å²) in [6, 6.07) is 6.33. The SMILES string of the molecule is CCOc1ccc(/C=N/OCC(=O)N(C2CCCCC2)C2CCCCC2)cc1OC. The maximum atomic E-state index is 13.1. The zero-order valence-corrected chi connectivity index (χ0v) is 18.5. The van der Waals surface area contributed by atoms with Crippen molar-refractivity contribution in [3.63, 3.8) is 0 Å². The Morgan fingerprint density at radius 1 is 1.03 bits per heavy atom. The van der Waals surface area contributed by atoms with Gasteiger partial charge < -0.3 is 19.2 Å². The van der Waals surface area contributed by atoms with Crippen LogP contribution in [0.15, 0.2) is 23.4 Å². The number of rotatable bonds is 9. The summed E-state index contributed by atoms with van der Waals surface area (Å²) in [5.74, 6) is 1.43. The van der Waals surface area contributed by atoms with E-state index in [1.807, 2.05) is 25.1 Å². The fraction of sp³-hybridized carbons (Fsp3) is 0.667. The largest absolute Gasteiger partial charge is 0.493 e. The van der Waals surface area contributed by atoms with Crippen LogP contribution in [0.4, 0.5) is 0 Å². The van der Waals surface area contributed by atoms with E-state index in [9.17, 15) is 4.79 Å². The van der Waals surface area contributed by atoms with Crippen LogP contribution in [0.1, 0.15) is 76.7 Å². The van der Waals surface area contributed by atoms with Gasteiger partial charge in [-0.25, -0.2) is 0 Å². The monoisotopic (exact) mass is 416 g/mol. The molecule has 0 radical (unpaired) electrons. The standard InChI is InChI=1S/C24H36N2O4/c1-3-29-22-15-14-19(16-23(22)28-2)17-25-30-18-24(27)26(20-10-6-4-7-11-20)21-12-8-5-9-13-21/h14-17,20-21H,3-13,18H2,1-2H3/b25-17+. The Morgan fingerprint density at radius 2 is 1.67 bits per heavy atom. The third-order valence-electron chi connectivity index (χ3n) is 6.18. The highest BCUT2D eigenvalue weighted by Gasteiger charge is 2.32. The van der Waals surface area contributed by atoms with Gasteiger partial charge in [0.1, 0.15) is 0 Å². The van der Waals surface area contributed by atoms with Crippen LogP contribution in [-0.4, -0.2) is 49.4 Å². The molecule has 1 aromatic carbocycles. The van der Waals surface area contributed by atoms with Gasteiger partial charge in [-0.2, -0.15) is 0 Å². The summed E-state index contributed by atoms with van der Waals surface area (Å²) in [5.41, 5.74) is 0.833. The third-order valence-corrected chi connectivity index (χ3v) is 6.18. The minimum atomic E-state index is -0.00232. The fourth-order valence-corrected chi connectivity index (χ4v) is 4.73. The van der Waals surface area contributed by atoms with Crippen molar-refractivity contribution in [2.45, 2.75) is 83.2 Å². The second kappa shape index (κ2) is 11.8. The van der Waals surface area contributed by atoms with Crippen LogP contribution < -0.4 is 9.47 Å². The highest BCUT2D eigenvalue weighted by atomic mass is 16.6. The van der Waals surface area contributed by atoms with Gasteiger partial charge in [0.05, 0.1) is 19.9 Å². The van der Waals surface area contributed by atoms with Crippen molar-refractivity contribution in [1.82, 2.24) is 4.90 Å². The summed E-state index contributed by atoms with van der Waals surface area (Å²) in [7, 11) is 1.61. The topological polar surface area (TPSA) is 60.4 Å². The molecule has 2 aliphatic carbocycles. The van der Waals surface area contributed by atoms with Gasteiger partial charge in [0.2, 0.25) is 0 Å². The van der Waals surface area contributed by atoms with Crippen LogP contribution in [-0.2, 0) is 9.63 Å². The Bertz CT molecular complexity index is 676. The summed E-state index contributed by atoms with van der Waals surface area (Å²) in [5, 5.41) is 4.04. The van der Waals surface area contributed by atoms with Crippen molar-refractivity contribution in [2.24, 2.45) is 5.16 Å². The van der Waals surface area contributed by atoms with Crippen LogP contribution >= 0.6 is 0 Å². The average Bonchev–Trinajstić information content (AvgIpc) is 2.79. The smallest absolute Gasteiger partial charge is 0.263 e. The zero-order chi connectivity index (χ0) is 21.2. The molecule has 166 valence electrons. The van der Waals surface area contributed by atoms with E-state index in [-0.39, 0.29) is 12.5 Å². The van der Waals surface area contributed by atoms with Crippen LogP contribution in [0.2, 0.25) is 0 Å². The van der Waals surface area contributed by atoms with E-state index in [2.05, 4.69) is 10.1 Å². The number of carbonyl (C=O) groups excluding carboxylic acids is 1. The number of hydrogen-bond acceptors (Lipinski definition) is 5. The molecular weight excluding hydrogens is 380 g/mol. The van der Waals surface area contributed by atoms with E-state index in [0.717, 1.165) is 31.2 Å². The van der Waals surface area contributed by atoms with Gasteiger partial charge in [0, 0.05) is 17.6 Å². The molecule has 0 bridgehead atoms. The second-order valence-corrected chi connectivity index (χ2v) is 8.24. The predicted molar refractivity (Wildman–Crippen MR) is 118 cm³/mol. The molecule has 30 heavy (non-hydrogen) atoms. The minimum absolute atomic E-state index is 0.00232. The van der Waals surface area contributed by atoms with Gasteiger partial charge in [-0.1, -0.05) is 43.7 Å². The molecule has 0 atom stereocenters. The minimum Gasteiger partial charge on any atom is -0.493 e. The molecule has 0 N–H and O–H groups in total.